The zero-order chi connectivity index (χ0) is 8.32. The number of rotatable bonds is 3. The average Bonchev–Trinajstić information content (AvgIpc) is 2.36. The highest BCUT2D eigenvalue weighted by atomic mass is 16.5. The zero-order valence-electron chi connectivity index (χ0n) is 7.81. The van der Waals surface area contributed by atoms with Gasteiger partial charge in [0, 0.05) is 13.7 Å². The van der Waals surface area contributed by atoms with Crippen molar-refractivity contribution >= 4 is 0 Å². The monoisotopic (exact) mass is 157 g/mol. The van der Waals surface area contributed by atoms with Crippen LogP contribution in [0.1, 0.15) is 26.7 Å². The van der Waals surface area contributed by atoms with Gasteiger partial charge in [-0.1, -0.05) is 13.8 Å². The van der Waals surface area contributed by atoms with Gasteiger partial charge in [-0.2, -0.15) is 0 Å². The van der Waals surface area contributed by atoms with Crippen LogP contribution >= 0.6 is 0 Å². The largest absolute Gasteiger partial charge is 0.377 e. The minimum absolute atomic E-state index is 0.147. The Labute approximate surface area is 69.3 Å². The molecule has 2 heteroatoms. The highest BCUT2D eigenvalue weighted by molar-refractivity contribution is 4.89. The van der Waals surface area contributed by atoms with Crippen LogP contribution in [0.5, 0.6) is 0 Å². The van der Waals surface area contributed by atoms with E-state index in [1.165, 1.54) is 12.8 Å². The van der Waals surface area contributed by atoms with E-state index in [-0.39, 0.29) is 5.60 Å². The first-order chi connectivity index (χ1) is 5.18. The summed E-state index contributed by atoms with van der Waals surface area (Å²) >= 11 is 0. The number of nitrogens with one attached hydrogen (secondary N) is 1. The Morgan fingerprint density at radius 2 is 2.27 bits per heavy atom. The summed E-state index contributed by atoms with van der Waals surface area (Å²) in [5.41, 5.74) is 0.147. The molecule has 0 aromatic heterocycles. The normalized spacial score (nSPS) is 31.6. The predicted molar refractivity (Wildman–Crippen MR) is 46.7 cm³/mol. The van der Waals surface area contributed by atoms with Gasteiger partial charge < -0.3 is 10.1 Å². The summed E-state index contributed by atoms with van der Waals surface area (Å²) in [6, 6.07) is 0. The highest BCUT2D eigenvalue weighted by Crippen LogP contribution is 2.26. The van der Waals surface area contributed by atoms with E-state index in [4.69, 9.17) is 4.74 Å². The van der Waals surface area contributed by atoms with Gasteiger partial charge in [0.25, 0.3) is 0 Å². The average molecular weight is 157 g/mol. The topological polar surface area (TPSA) is 21.3 Å². The molecule has 1 unspecified atom stereocenters. The molecular formula is C9H19NO. The third-order valence-corrected chi connectivity index (χ3v) is 2.42. The molecule has 1 heterocycles. The summed E-state index contributed by atoms with van der Waals surface area (Å²) < 4.78 is 5.55. The van der Waals surface area contributed by atoms with Gasteiger partial charge in [0.15, 0.2) is 0 Å². The molecule has 66 valence electrons. The lowest BCUT2D eigenvalue weighted by Gasteiger charge is -2.28. The van der Waals surface area contributed by atoms with Crippen molar-refractivity contribution in [3.05, 3.63) is 0 Å². The molecule has 1 aliphatic heterocycles. The second-order valence-electron chi connectivity index (χ2n) is 3.91. The summed E-state index contributed by atoms with van der Waals surface area (Å²) in [7, 11) is 1.83. The predicted octanol–water partition coefficient (Wildman–Crippen LogP) is 1.41. The van der Waals surface area contributed by atoms with Gasteiger partial charge in [0.2, 0.25) is 0 Å². The molecule has 0 bridgehead atoms. The molecular weight excluding hydrogens is 138 g/mol. The fraction of sp³-hybridized carbons (Fsp3) is 1.00. The van der Waals surface area contributed by atoms with Gasteiger partial charge >= 0.3 is 0 Å². The Hall–Kier alpha value is -0.0800. The van der Waals surface area contributed by atoms with Crippen molar-refractivity contribution in [1.29, 1.82) is 0 Å². The van der Waals surface area contributed by atoms with E-state index < -0.39 is 0 Å². The summed E-state index contributed by atoms with van der Waals surface area (Å²) in [6.45, 7) is 6.64. The van der Waals surface area contributed by atoms with E-state index in [2.05, 4.69) is 19.2 Å². The van der Waals surface area contributed by atoms with Crippen LogP contribution in [0.15, 0.2) is 0 Å². The molecule has 0 amide bonds. The standard InChI is InChI=1S/C9H19NO/c1-8(2)6-9(11-3)4-5-10-7-9/h8,10H,4-7H2,1-3H3. The fourth-order valence-electron chi connectivity index (χ4n) is 1.90. The SMILES string of the molecule is COC1(CC(C)C)CCNC1. The Kier molecular flexibility index (Phi) is 2.90. The van der Waals surface area contributed by atoms with E-state index in [0.717, 1.165) is 19.0 Å². The van der Waals surface area contributed by atoms with Crippen molar-refractivity contribution in [2.45, 2.75) is 32.3 Å². The Morgan fingerprint density at radius 3 is 2.64 bits per heavy atom. The molecule has 11 heavy (non-hydrogen) atoms. The van der Waals surface area contributed by atoms with Gasteiger partial charge in [-0.3, -0.25) is 0 Å². The molecule has 0 aliphatic carbocycles. The van der Waals surface area contributed by atoms with Crippen LogP contribution in [0.3, 0.4) is 0 Å². The summed E-state index contributed by atoms with van der Waals surface area (Å²) in [5.74, 6) is 0.731. The van der Waals surface area contributed by atoms with Crippen molar-refractivity contribution in [3.63, 3.8) is 0 Å². The number of ether oxygens (including phenoxy) is 1. The molecule has 1 N–H and O–H groups in total. The van der Waals surface area contributed by atoms with Crippen LogP contribution in [0, 0.1) is 5.92 Å². The van der Waals surface area contributed by atoms with Crippen LogP contribution in [-0.4, -0.2) is 25.8 Å². The van der Waals surface area contributed by atoms with Crippen LogP contribution in [-0.2, 0) is 4.74 Å². The van der Waals surface area contributed by atoms with E-state index in [9.17, 15) is 0 Å². The van der Waals surface area contributed by atoms with Crippen molar-refractivity contribution in [1.82, 2.24) is 5.32 Å². The number of hydrogen-bond acceptors (Lipinski definition) is 2. The zero-order valence-corrected chi connectivity index (χ0v) is 7.81. The second kappa shape index (κ2) is 3.55. The lowest BCUT2D eigenvalue weighted by Crippen LogP contribution is -2.35. The lowest BCUT2D eigenvalue weighted by atomic mass is 9.91. The van der Waals surface area contributed by atoms with Gasteiger partial charge in [-0.25, -0.2) is 0 Å². The minimum atomic E-state index is 0.147. The lowest BCUT2D eigenvalue weighted by molar-refractivity contribution is -0.00923. The van der Waals surface area contributed by atoms with E-state index in [1.807, 2.05) is 7.11 Å². The number of hydrogen-bond donors (Lipinski definition) is 1. The van der Waals surface area contributed by atoms with Gasteiger partial charge in [0.1, 0.15) is 0 Å². The molecule has 1 atom stereocenters. The van der Waals surface area contributed by atoms with E-state index in [1.54, 1.807) is 0 Å². The molecule has 0 aromatic rings. The van der Waals surface area contributed by atoms with Crippen molar-refractivity contribution in [3.8, 4) is 0 Å². The molecule has 0 radical (unpaired) electrons. The quantitative estimate of drug-likeness (QED) is 0.669. The molecule has 1 fully saturated rings. The van der Waals surface area contributed by atoms with Gasteiger partial charge in [-0.05, 0) is 25.3 Å². The van der Waals surface area contributed by atoms with Crippen LogP contribution < -0.4 is 5.32 Å². The van der Waals surface area contributed by atoms with Crippen LogP contribution in [0.4, 0.5) is 0 Å². The van der Waals surface area contributed by atoms with Gasteiger partial charge in [0.05, 0.1) is 5.60 Å². The number of methoxy groups -OCH3 is 1. The first kappa shape index (κ1) is 9.01. The first-order valence-corrected chi connectivity index (χ1v) is 4.44. The first-order valence-electron chi connectivity index (χ1n) is 4.44. The molecule has 1 saturated heterocycles. The molecule has 0 aromatic carbocycles. The smallest absolute Gasteiger partial charge is 0.0817 e. The second-order valence-corrected chi connectivity index (χ2v) is 3.91. The molecule has 2 nitrogen and oxygen atoms in total. The fourth-order valence-corrected chi connectivity index (χ4v) is 1.90. The van der Waals surface area contributed by atoms with Crippen molar-refractivity contribution < 1.29 is 4.74 Å². The van der Waals surface area contributed by atoms with Crippen LogP contribution in [0.25, 0.3) is 0 Å². The third-order valence-electron chi connectivity index (χ3n) is 2.42. The van der Waals surface area contributed by atoms with Crippen LogP contribution in [0.2, 0.25) is 0 Å². The Balaban J connectivity index is 2.45. The summed E-state index contributed by atoms with van der Waals surface area (Å²) in [6.07, 6.45) is 2.35. The molecule has 1 rings (SSSR count). The van der Waals surface area contributed by atoms with Gasteiger partial charge in [-0.15, -0.1) is 0 Å². The Morgan fingerprint density at radius 1 is 1.55 bits per heavy atom. The maximum Gasteiger partial charge on any atom is 0.0817 e. The van der Waals surface area contributed by atoms with E-state index in [0.29, 0.717) is 0 Å². The van der Waals surface area contributed by atoms with Crippen molar-refractivity contribution in [2.75, 3.05) is 20.2 Å². The molecule has 0 saturated carbocycles. The van der Waals surface area contributed by atoms with E-state index >= 15 is 0 Å². The summed E-state index contributed by atoms with van der Waals surface area (Å²) in [5, 5.41) is 3.34. The highest BCUT2D eigenvalue weighted by Gasteiger charge is 2.33. The summed E-state index contributed by atoms with van der Waals surface area (Å²) in [4.78, 5) is 0. The minimum Gasteiger partial charge on any atom is -0.377 e. The van der Waals surface area contributed by atoms with Crippen molar-refractivity contribution in [2.24, 2.45) is 5.92 Å². The molecule has 1 aliphatic rings. The third kappa shape index (κ3) is 2.17. The maximum atomic E-state index is 5.55. The Bertz CT molecular complexity index is 117. The maximum absolute atomic E-state index is 5.55. The molecule has 0 spiro atoms.